The Balaban J connectivity index is 2.57. The topological polar surface area (TPSA) is 98.2 Å². The number of carbonyl (C=O) groups excluding carboxylic acids is 2. The molecule has 0 fully saturated rings. The molecule has 1 radical (unpaired) electrons. The second-order valence-electron chi connectivity index (χ2n) is 3.52. The highest BCUT2D eigenvalue weighted by atomic mass is 16.2. The fraction of sp³-hybridized carbons (Fsp3) is 0.250. The third-order valence-corrected chi connectivity index (χ3v) is 2.23. The van der Waals surface area contributed by atoms with Gasteiger partial charge < -0.3 is 16.8 Å². The molecule has 5 nitrogen and oxygen atoms in total. The third-order valence-electron chi connectivity index (χ3n) is 2.23. The van der Waals surface area contributed by atoms with Crippen molar-refractivity contribution in [2.75, 3.05) is 6.54 Å². The Morgan fingerprint density at radius 2 is 2.00 bits per heavy atom. The quantitative estimate of drug-likeness (QED) is 0.643. The summed E-state index contributed by atoms with van der Waals surface area (Å²) >= 11 is 0. The summed E-state index contributed by atoms with van der Waals surface area (Å²) in [6.07, 6.45) is 2.01. The van der Waals surface area contributed by atoms with Gasteiger partial charge in [-0.25, -0.2) is 0 Å². The first-order chi connectivity index (χ1) is 8.15. The maximum atomic E-state index is 11.3. The van der Waals surface area contributed by atoms with Crippen molar-refractivity contribution >= 4 is 11.8 Å². The van der Waals surface area contributed by atoms with Crippen molar-refractivity contribution < 1.29 is 9.59 Å². The maximum absolute atomic E-state index is 11.3. The summed E-state index contributed by atoms with van der Waals surface area (Å²) in [7, 11) is 0. The van der Waals surface area contributed by atoms with Crippen molar-refractivity contribution in [3.63, 3.8) is 0 Å². The van der Waals surface area contributed by atoms with E-state index in [-0.39, 0.29) is 12.5 Å². The Morgan fingerprint density at radius 1 is 1.29 bits per heavy atom. The fourth-order valence-corrected chi connectivity index (χ4v) is 1.38. The maximum Gasteiger partial charge on any atom is 0.249 e. The monoisotopic (exact) mass is 234 g/mol. The normalized spacial score (nSPS) is 9.94. The van der Waals surface area contributed by atoms with Gasteiger partial charge in [0.15, 0.2) is 0 Å². The molecule has 5 N–H and O–H groups in total. The van der Waals surface area contributed by atoms with Gasteiger partial charge >= 0.3 is 0 Å². The number of hydrogen-bond donors (Lipinski definition) is 3. The zero-order valence-electron chi connectivity index (χ0n) is 9.48. The minimum Gasteiger partial charge on any atom is -0.366 e. The highest BCUT2D eigenvalue weighted by Crippen LogP contribution is 2.07. The Labute approximate surface area is 100 Å². The number of benzene rings is 1. The summed E-state index contributed by atoms with van der Waals surface area (Å²) in [6, 6.07) is 6.90. The number of nitrogens with two attached hydrogens (primary N) is 2. The van der Waals surface area contributed by atoms with Crippen molar-refractivity contribution in [2.24, 2.45) is 11.5 Å². The van der Waals surface area contributed by atoms with Crippen LogP contribution in [-0.4, -0.2) is 18.4 Å². The molecule has 0 aromatic heterocycles. The van der Waals surface area contributed by atoms with E-state index in [1.54, 1.807) is 24.3 Å². The highest BCUT2D eigenvalue weighted by molar-refractivity contribution is 5.94. The van der Waals surface area contributed by atoms with Gasteiger partial charge in [0.05, 0.1) is 6.42 Å². The molecule has 0 spiro atoms. The number of carbonyl (C=O) groups is 2. The van der Waals surface area contributed by atoms with Crippen LogP contribution in [0.15, 0.2) is 24.3 Å². The van der Waals surface area contributed by atoms with E-state index < -0.39 is 5.91 Å². The molecule has 1 aromatic rings. The summed E-state index contributed by atoms with van der Waals surface area (Å²) in [6.45, 7) is 0.713. The number of nitrogens with one attached hydrogen (secondary N) is 1. The molecular weight excluding hydrogens is 218 g/mol. The Morgan fingerprint density at radius 3 is 2.65 bits per heavy atom. The van der Waals surface area contributed by atoms with Crippen molar-refractivity contribution in [3.05, 3.63) is 41.8 Å². The zero-order valence-corrected chi connectivity index (χ0v) is 9.48. The van der Waals surface area contributed by atoms with Gasteiger partial charge in [-0.05, 0) is 24.6 Å². The first kappa shape index (κ1) is 13.2. The molecular formula is C12H16N3O2. The Hall–Kier alpha value is -1.88. The standard InChI is InChI=1S/C12H16N3O2/c13-7-3-6-11(16)15-8-9-4-1-2-5-10(9)12(14)17/h1-2,4-6H,3,7-8,13H2,(H2,14,17)(H,15,16). The summed E-state index contributed by atoms with van der Waals surface area (Å²) in [5, 5.41) is 2.67. The molecule has 0 atom stereocenters. The minimum absolute atomic E-state index is 0.199. The summed E-state index contributed by atoms with van der Waals surface area (Å²) in [5.74, 6) is -0.699. The van der Waals surface area contributed by atoms with Crippen LogP contribution in [-0.2, 0) is 11.3 Å². The lowest BCUT2D eigenvalue weighted by molar-refractivity contribution is -0.118. The van der Waals surface area contributed by atoms with Gasteiger partial charge in [0.25, 0.3) is 0 Å². The third kappa shape index (κ3) is 4.24. The fourth-order valence-electron chi connectivity index (χ4n) is 1.38. The van der Waals surface area contributed by atoms with Crippen LogP contribution < -0.4 is 16.8 Å². The van der Waals surface area contributed by atoms with E-state index in [9.17, 15) is 9.59 Å². The van der Waals surface area contributed by atoms with E-state index >= 15 is 0 Å². The summed E-state index contributed by atoms with van der Waals surface area (Å²) in [5.41, 5.74) is 11.6. The van der Waals surface area contributed by atoms with E-state index in [4.69, 9.17) is 11.5 Å². The minimum atomic E-state index is -0.499. The second-order valence-corrected chi connectivity index (χ2v) is 3.52. The zero-order chi connectivity index (χ0) is 12.7. The summed E-state index contributed by atoms with van der Waals surface area (Å²) in [4.78, 5) is 22.4. The van der Waals surface area contributed by atoms with E-state index in [0.717, 1.165) is 0 Å². The van der Waals surface area contributed by atoms with Crippen molar-refractivity contribution in [3.8, 4) is 0 Å². The molecule has 0 heterocycles. The molecule has 0 aliphatic heterocycles. The van der Waals surface area contributed by atoms with Gasteiger partial charge in [-0.3, -0.25) is 9.59 Å². The van der Waals surface area contributed by atoms with E-state index in [2.05, 4.69) is 5.32 Å². The smallest absolute Gasteiger partial charge is 0.249 e. The van der Waals surface area contributed by atoms with Crippen molar-refractivity contribution in [1.29, 1.82) is 0 Å². The van der Waals surface area contributed by atoms with Crippen molar-refractivity contribution in [2.45, 2.75) is 13.0 Å². The Kier molecular flexibility index (Phi) is 5.16. The lowest BCUT2D eigenvalue weighted by Gasteiger charge is -2.07. The van der Waals surface area contributed by atoms with Gasteiger partial charge in [0.1, 0.15) is 0 Å². The van der Waals surface area contributed by atoms with Crippen LogP contribution in [0.2, 0.25) is 0 Å². The molecule has 91 valence electrons. The molecule has 0 aliphatic carbocycles. The van der Waals surface area contributed by atoms with Crippen molar-refractivity contribution in [1.82, 2.24) is 5.32 Å². The van der Waals surface area contributed by atoms with E-state index in [1.165, 1.54) is 6.42 Å². The van der Waals surface area contributed by atoms with Crippen LogP contribution in [0.5, 0.6) is 0 Å². The van der Waals surface area contributed by atoms with Gasteiger partial charge in [-0.2, -0.15) is 0 Å². The van der Waals surface area contributed by atoms with E-state index in [0.29, 0.717) is 24.1 Å². The lowest BCUT2D eigenvalue weighted by atomic mass is 10.1. The molecule has 0 bridgehead atoms. The van der Waals surface area contributed by atoms with Gasteiger partial charge in [-0.15, -0.1) is 0 Å². The number of amides is 2. The van der Waals surface area contributed by atoms with Gasteiger partial charge in [-0.1, -0.05) is 18.2 Å². The van der Waals surface area contributed by atoms with Crippen LogP contribution in [0.4, 0.5) is 0 Å². The molecule has 0 aliphatic rings. The van der Waals surface area contributed by atoms with Crippen LogP contribution in [0.1, 0.15) is 22.3 Å². The molecule has 0 unspecified atom stereocenters. The SMILES string of the molecule is NCC[CH]C(=O)NCc1ccccc1C(N)=O. The molecule has 0 saturated carbocycles. The van der Waals surface area contributed by atoms with Crippen LogP contribution in [0.25, 0.3) is 0 Å². The lowest BCUT2D eigenvalue weighted by Crippen LogP contribution is -2.25. The van der Waals surface area contributed by atoms with Crippen LogP contribution in [0.3, 0.4) is 0 Å². The molecule has 0 saturated heterocycles. The van der Waals surface area contributed by atoms with E-state index in [1.807, 2.05) is 0 Å². The molecule has 1 aromatic carbocycles. The number of primary amides is 1. The molecule has 5 heteroatoms. The van der Waals surface area contributed by atoms with Crippen LogP contribution >= 0.6 is 0 Å². The molecule has 1 rings (SSSR count). The number of rotatable bonds is 6. The second kappa shape index (κ2) is 6.65. The first-order valence-electron chi connectivity index (χ1n) is 5.34. The average Bonchev–Trinajstić information content (AvgIpc) is 2.34. The predicted molar refractivity (Wildman–Crippen MR) is 64.8 cm³/mol. The Bertz CT molecular complexity index is 404. The van der Waals surface area contributed by atoms with Crippen LogP contribution in [0, 0.1) is 6.42 Å². The molecule has 2 amide bonds. The first-order valence-corrected chi connectivity index (χ1v) is 5.34. The average molecular weight is 234 g/mol. The van der Waals surface area contributed by atoms with Gasteiger partial charge in [0, 0.05) is 12.1 Å². The molecule has 17 heavy (non-hydrogen) atoms. The highest BCUT2D eigenvalue weighted by Gasteiger charge is 2.08. The predicted octanol–water partition coefficient (Wildman–Crippen LogP) is -0.0452. The summed E-state index contributed by atoms with van der Waals surface area (Å²) < 4.78 is 0. The largest absolute Gasteiger partial charge is 0.366 e. The van der Waals surface area contributed by atoms with Gasteiger partial charge in [0.2, 0.25) is 11.8 Å². The number of hydrogen-bond acceptors (Lipinski definition) is 3.